The van der Waals surface area contributed by atoms with Crippen LogP contribution < -0.4 is 0 Å². The maximum Gasteiger partial charge on any atom is 0.309 e. The van der Waals surface area contributed by atoms with Gasteiger partial charge in [0.15, 0.2) is 0 Å². The molecule has 0 bridgehead atoms. The van der Waals surface area contributed by atoms with Crippen LogP contribution in [-0.4, -0.2) is 23.8 Å². The number of hydrogen-bond acceptors (Lipinski definition) is 2. The highest BCUT2D eigenvalue weighted by Crippen LogP contribution is 2.24. The average Bonchev–Trinajstić information content (AvgIpc) is 2.38. The third-order valence-electron chi connectivity index (χ3n) is 3.32. The number of aryl methyl sites for hydroxylation is 1. The molecular formula is C14H18O3. The standard InChI is InChI=1S/C14H18O3/c15-14(16)12-7-4-10-17-13(12)9-8-11-5-2-1-3-6-11/h1-3,5-6,12-13H,4,7-10H2,(H,15,16). The van der Waals surface area contributed by atoms with Crippen molar-refractivity contribution in [2.45, 2.75) is 31.8 Å². The molecule has 1 N–H and O–H groups in total. The molecule has 1 heterocycles. The molecule has 1 aromatic rings. The minimum atomic E-state index is -0.720. The minimum absolute atomic E-state index is 0.124. The Morgan fingerprint density at radius 3 is 2.82 bits per heavy atom. The summed E-state index contributed by atoms with van der Waals surface area (Å²) in [5.74, 6) is -1.05. The molecule has 92 valence electrons. The SMILES string of the molecule is O=C(O)C1CCCOC1CCc1ccccc1. The van der Waals surface area contributed by atoms with Crippen molar-refractivity contribution in [2.75, 3.05) is 6.61 Å². The van der Waals surface area contributed by atoms with Gasteiger partial charge in [0.25, 0.3) is 0 Å². The zero-order valence-corrected chi connectivity index (χ0v) is 9.84. The number of benzene rings is 1. The number of aliphatic carboxylic acids is 1. The van der Waals surface area contributed by atoms with E-state index in [1.807, 2.05) is 18.2 Å². The van der Waals surface area contributed by atoms with Crippen molar-refractivity contribution in [2.24, 2.45) is 5.92 Å². The quantitative estimate of drug-likeness (QED) is 0.870. The van der Waals surface area contributed by atoms with Crippen molar-refractivity contribution >= 4 is 5.97 Å². The van der Waals surface area contributed by atoms with Gasteiger partial charge in [-0.25, -0.2) is 0 Å². The van der Waals surface area contributed by atoms with Crippen LogP contribution in [0, 0.1) is 5.92 Å². The molecule has 1 aliphatic heterocycles. The first-order chi connectivity index (χ1) is 8.27. The van der Waals surface area contributed by atoms with E-state index in [1.165, 1.54) is 5.56 Å². The van der Waals surface area contributed by atoms with Crippen molar-refractivity contribution in [3.05, 3.63) is 35.9 Å². The molecule has 2 rings (SSSR count). The largest absolute Gasteiger partial charge is 0.481 e. The van der Waals surface area contributed by atoms with E-state index in [0.29, 0.717) is 6.61 Å². The summed E-state index contributed by atoms with van der Waals surface area (Å²) < 4.78 is 5.59. The summed E-state index contributed by atoms with van der Waals surface area (Å²) in [4.78, 5) is 11.1. The van der Waals surface area contributed by atoms with Gasteiger partial charge in [0.05, 0.1) is 12.0 Å². The molecule has 1 aliphatic rings. The van der Waals surface area contributed by atoms with Crippen molar-refractivity contribution in [3.63, 3.8) is 0 Å². The fourth-order valence-corrected chi connectivity index (χ4v) is 2.36. The van der Waals surface area contributed by atoms with Crippen LogP contribution >= 0.6 is 0 Å². The maximum atomic E-state index is 11.1. The molecule has 3 heteroatoms. The lowest BCUT2D eigenvalue weighted by atomic mass is 9.90. The maximum absolute atomic E-state index is 11.1. The smallest absolute Gasteiger partial charge is 0.309 e. The number of rotatable bonds is 4. The molecule has 0 radical (unpaired) electrons. The first-order valence-corrected chi connectivity index (χ1v) is 6.15. The first-order valence-electron chi connectivity index (χ1n) is 6.15. The second-order valence-electron chi connectivity index (χ2n) is 4.52. The Morgan fingerprint density at radius 1 is 1.35 bits per heavy atom. The number of ether oxygens (including phenoxy) is 1. The molecule has 0 spiro atoms. The van der Waals surface area contributed by atoms with E-state index < -0.39 is 5.97 Å². The van der Waals surface area contributed by atoms with Gasteiger partial charge in [-0.1, -0.05) is 30.3 Å². The predicted molar refractivity (Wildman–Crippen MR) is 64.9 cm³/mol. The molecule has 0 amide bonds. The highest BCUT2D eigenvalue weighted by molar-refractivity contribution is 5.70. The molecule has 0 aromatic heterocycles. The highest BCUT2D eigenvalue weighted by atomic mass is 16.5. The molecule has 0 aliphatic carbocycles. The molecule has 17 heavy (non-hydrogen) atoms. The monoisotopic (exact) mass is 234 g/mol. The Bertz CT molecular complexity index is 361. The van der Waals surface area contributed by atoms with Gasteiger partial charge in [-0.3, -0.25) is 4.79 Å². The Balaban J connectivity index is 1.90. The third kappa shape index (κ3) is 3.30. The molecular weight excluding hydrogens is 216 g/mol. The molecule has 0 saturated carbocycles. The molecule has 1 saturated heterocycles. The Kier molecular flexibility index (Phi) is 4.15. The van der Waals surface area contributed by atoms with E-state index in [-0.39, 0.29) is 12.0 Å². The zero-order valence-electron chi connectivity index (χ0n) is 9.84. The molecule has 2 unspecified atom stereocenters. The second-order valence-corrected chi connectivity index (χ2v) is 4.52. The van der Waals surface area contributed by atoms with E-state index in [4.69, 9.17) is 9.84 Å². The Labute approximate surface area is 101 Å². The second kappa shape index (κ2) is 5.82. The van der Waals surface area contributed by atoms with Gasteiger partial charge in [-0.2, -0.15) is 0 Å². The number of carboxylic acid groups (broad SMARTS) is 1. The lowest BCUT2D eigenvalue weighted by molar-refractivity contribution is -0.151. The summed E-state index contributed by atoms with van der Waals surface area (Å²) in [6.45, 7) is 0.698. The van der Waals surface area contributed by atoms with Crippen molar-refractivity contribution in [1.29, 1.82) is 0 Å². The van der Waals surface area contributed by atoms with Gasteiger partial charge in [0, 0.05) is 6.61 Å². The van der Waals surface area contributed by atoms with Gasteiger partial charge in [0.1, 0.15) is 0 Å². The fraction of sp³-hybridized carbons (Fsp3) is 0.500. The van der Waals surface area contributed by atoms with Gasteiger partial charge in [-0.15, -0.1) is 0 Å². The molecule has 1 fully saturated rings. The van der Waals surface area contributed by atoms with Crippen molar-refractivity contribution in [3.8, 4) is 0 Å². The van der Waals surface area contributed by atoms with E-state index in [1.54, 1.807) is 0 Å². The van der Waals surface area contributed by atoms with Gasteiger partial charge in [-0.05, 0) is 31.2 Å². The predicted octanol–water partition coefficient (Wildman–Crippen LogP) is 2.50. The summed E-state index contributed by atoms with van der Waals surface area (Å²) in [6, 6.07) is 10.1. The van der Waals surface area contributed by atoms with E-state index in [9.17, 15) is 4.79 Å². The fourth-order valence-electron chi connectivity index (χ4n) is 2.36. The van der Waals surface area contributed by atoms with Crippen LogP contribution in [0.25, 0.3) is 0 Å². The zero-order chi connectivity index (χ0) is 12.1. The van der Waals surface area contributed by atoms with Crippen LogP contribution in [0.1, 0.15) is 24.8 Å². The van der Waals surface area contributed by atoms with E-state index in [0.717, 1.165) is 25.7 Å². The van der Waals surface area contributed by atoms with E-state index >= 15 is 0 Å². The lowest BCUT2D eigenvalue weighted by Gasteiger charge is -2.28. The van der Waals surface area contributed by atoms with Crippen LogP contribution in [0.15, 0.2) is 30.3 Å². The Hall–Kier alpha value is -1.35. The van der Waals surface area contributed by atoms with Crippen LogP contribution in [-0.2, 0) is 16.0 Å². The molecule has 2 atom stereocenters. The van der Waals surface area contributed by atoms with Crippen LogP contribution in [0.2, 0.25) is 0 Å². The van der Waals surface area contributed by atoms with Crippen LogP contribution in [0.5, 0.6) is 0 Å². The number of hydrogen-bond donors (Lipinski definition) is 1. The number of carbonyl (C=O) groups is 1. The van der Waals surface area contributed by atoms with Crippen LogP contribution in [0.3, 0.4) is 0 Å². The average molecular weight is 234 g/mol. The topological polar surface area (TPSA) is 46.5 Å². The first kappa shape index (κ1) is 12.1. The Morgan fingerprint density at radius 2 is 2.12 bits per heavy atom. The van der Waals surface area contributed by atoms with Gasteiger partial charge >= 0.3 is 5.97 Å². The summed E-state index contributed by atoms with van der Waals surface area (Å²) in [5.41, 5.74) is 1.24. The summed E-state index contributed by atoms with van der Waals surface area (Å²) >= 11 is 0. The van der Waals surface area contributed by atoms with Crippen molar-refractivity contribution in [1.82, 2.24) is 0 Å². The summed E-state index contributed by atoms with van der Waals surface area (Å²) in [5, 5.41) is 9.13. The molecule has 1 aromatic carbocycles. The molecule has 3 nitrogen and oxygen atoms in total. The lowest BCUT2D eigenvalue weighted by Crippen LogP contribution is -2.35. The summed E-state index contributed by atoms with van der Waals surface area (Å²) in [6.07, 6.45) is 3.16. The van der Waals surface area contributed by atoms with Crippen molar-refractivity contribution < 1.29 is 14.6 Å². The highest BCUT2D eigenvalue weighted by Gasteiger charge is 2.31. The number of carboxylic acids is 1. The minimum Gasteiger partial charge on any atom is -0.481 e. The third-order valence-corrected chi connectivity index (χ3v) is 3.32. The van der Waals surface area contributed by atoms with E-state index in [2.05, 4.69) is 12.1 Å². The normalized spacial score (nSPS) is 24.5. The van der Waals surface area contributed by atoms with Crippen LogP contribution in [0.4, 0.5) is 0 Å². The summed E-state index contributed by atoms with van der Waals surface area (Å²) in [7, 11) is 0. The van der Waals surface area contributed by atoms with Gasteiger partial charge in [0.2, 0.25) is 0 Å². The van der Waals surface area contributed by atoms with Gasteiger partial charge < -0.3 is 9.84 Å².